The van der Waals surface area contributed by atoms with Crippen LogP contribution in [-0.4, -0.2) is 7.11 Å². The molecule has 3 rings (SSSR count). The lowest BCUT2D eigenvalue weighted by Gasteiger charge is -2.26. The zero-order valence-electron chi connectivity index (χ0n) is 18.9. The first-order chi connectivity index (χ1) is 15.1. The molecule has 166 valence electrons. The minimum absolute atomic E-state index is 0.0916. The standard InChI is InChI=1S/C28H34F2O/c1-3-4-5-6-7-8-21-9-14-23(15-10-21)24-16-11-22(12-17-24)13-18-25-19-20-26(31-2)28(30)27(25)29/h9-10,14-15,19-20,22,24H,3-8,11-12,16-17H2,1-2H3/t22-,24-. The van der Waals surface area contributed by atoms with Crippen LogP contribution in [0, 0.1) is 29.4 Å². The molecule has 0 heterocycles. The highest BCUT2D eigenvalue weighted by Crippen LogP contribution is 2.35. The molecule has 1 aliphatic rings. The van der Waals surface area contributed by atoms with Crippen molar-refractivity contribution in [1.29, 1.82) is 0 Å². The number of ether oxygens (including phenoxy) is 1. The Morgan fingerprint density at radius 2 is 1.58 bits per heavy atom. The number of hydrogen-bond donors (Lipinski definition) is 0. The van der Waals surface area contributed by atoms with E-state index < -0.39 is 11.6 Å². The highest BCUT2D eigenvalue weighted by Gasteiger charge is 2.21. The van der Waals surface area contributed by atoms with Gasteiger partial charge in [0.2, 0.25) is 5.82 Å². The summed E-state index contributed by atoms with van der Waals surface area (Å²) in [4.78, 5) is 0. The third kappa shape index (κ3) is 6.57. The van der Waals surface area contributed by atoms with Gasteiger partial charge in [-0.25, -0.2) is 4.39 Å². The van der Waals surface area contributed by atoms with Crippen LogP contribution in [0.15, 0.2) is 36.4 Å². The summed E-state index contributed by atoms with van der Waals surface area (Å²) in [6, 6.07) is 12.1. The van der Waals surface area contributed by atoms with E-state index in [2.05, 4.69) is 43.0 Å². The van der Waals surface area contributed by atoms with Crippen LogP contribution >= 0.6 is 0 Å². The number of halogens is 2. The Hall–Kier alpha value is -2.34. The number of unbranched alkanes of at least 4 members (excludes halogenated alkanes) is 4. The summed E-state index contributed by atoms with van der Waals surface area (Å²) in [6.45, 7) is 2.25. The van der Waals surface area contributed by atoms with Crippen molar-refractivity contribution in [2.24, 2.45) is 5.92 Å². The van der Waals surface area contributed by atoms with Crippen molar-refractivity contribution < 1.29 is 13.5 Å². The Morgan fingerprint density at radius 3 is 2.26 bits per heavy atom. The van der Waals surface area contributed by atoms with Gasteiger partial charge in [0.1, 0.15) is 0 Å². The molecule has 0 aromatic heterocycles. The lowest BCUT2D eigenvalue weighted by molar-refractivity contribution is 0.371. The number of hydrogen-bond acceptors (Lipinski definition) is 1. The average Bonchev–Trinajstić information content (AvgIpc) is 2.81. The van der Waals surface area contributed by atoms with E-state index in [1.807, 2.05) is 0 Å². The maximum absolute atomic E-state index is 14.1. The zero-order valence-corrected chi connectivity index (χ0v) is 18.9. The molecule has 0 N–H and O–H groups in total. The van der Waals surface area contributed by atoms with Crippen LogP contribution in [0.5, 0.6) is 5.75 Å². The molecular weight excluding hydrogens is 390 g/mol. The third-order valence-electron chi connectivity index (χ3n) is 6.43. The summed E-state index contributed by atoms with van der Waals surface area (Å²) in [6.07, 6.45) is 11.9. The second-order valence-electron chi connectivity index (χ2n) is 8.67. The maximum Gasteiger partial charge on any atom is 0.201 e. The summed E-state index contributed by atoms with van der Waals surface area (Å²) in [5.74, 6) is 4.84. The summed E-state index contributed by atoms with van der Waals surface area (Å²) in [5, 5.41) is 0. The van der Waals surface area contributed by atoms with Crippen molar-refractivity contribution in [2.75, 3.05) is 7.11 Å². The van der Waals surface area contributed by atoms with Crippen LogP contribution in [0.2, 0.25) is 0 Å². The Labute approximate surface area is 186 Å². The van der Waals surface area contributed by atoms with Crippen LogP contribution in [0.4, 0.5) is 8.78 Å². The van der Waals surface area contributed by atoms with Gasteiger partial charge in [0.05, 0.1) is 12.7 Å². The van der Waals surface area contributed by atoms with Crippen molar-refractivity contribution in [3.05, 3.63) is 64.7 Å². The van der Waals surface area contributed by atoms with Gasteiger partial charge < -0.3 is 4.74 Å². The Balaban J connectivity index is 1.49. The van der Waals surface area contributed by atoms with E-state index in [1.54, 1.807) is 0 Å². The molecule has 31 heavy (non-hydrogen) atoms. The summed E-state index contributed by atoms with van der Waals surface area (Å²) < 4.78 is 32.7. The number of methoxy groups -OCH3 is 1. The topological polar surface area (TPSA) is 9.23 Å². The Kier molecular flexibility index (Phi) is 8.95. The van der Waals surface area contributed by atoms with Crippen molar-refractivity contribution in [1.82, 2.24) is 0 Å². The minimum atomic E-state index is -0.970. The van der Waals surface area contributed by atoms with Gasteiger partial charge in [-0.1, -0.05) is 68.7 Å². The second-order valence-corrected chi connectivity index (χ2v) is 8.67. The average molecular weight is 425 g/mol. The van der Waals surface area contributed by atoms with Gasteiger partial charge in [0.25, 0.3) is 0 Å². The highest BCUT2D eigenvalue weighted by atomic mass is 19.2. The number of rotatable bonds is 8. The van der Waals surface area contributed by atoms with Crippen molar-refractivity contribution in [3.8, 4) is 17.6 Å². The first-order valence-electron chi connectivity index (χ1n) is 11.7. The maximum atomic E-state index is 14.1. The van der Waals surface area contributed by atoms with Crippen molar-refractivity contribution in [3.63, 3.8) is 0 Å². The van der Waals surface area contributed by atoms with Gasteiger partial charge in [-0.05, 0) is 67.7 Å². The Morgan fingerprint density at radius 1 is 0.871 bits per heavy atom. The smallest absolute Gasteiger partial charge is 0.201 e. The third-order valence-corrected chi connectivity index (χ3v) is 6.43. The molecule has 1 saturated carbocycles. The molecule has 0 atom stereocenters. The van der Waals surface area contributed by atoms with Crippen LogP contribution in [0.3, 0.4) is 0 Å². The normalized spacial score (nSPS) is 18.3. The molecule has 0 bridgehead atoms. The Bertz CT molecular complexity index is 884. The summed E-state index contributed by atoms with van der Waals surface area (Å²) in [7, 11) is 1.32. The molecule has 0 amide bonds. The molecule has 0 spiro atoms. The van der Waals surface area contributed by atoms with Crippen LogP contribution in [0.1, 0.15) is 87.3 Å². The lowest BCUT2D eigenvalue weighted by atomic mass is 9.78. The van der Waals surface area contributed by atoms with E-state index >= 15 is 0 Å². The van der Waals surface area contributed by atoms with E-state index in [1.165, 1.54) is 68.9 Å². The zero-order chi connectivity index (χ0) is 22.1. The second kappa shape index (κ2) is 11.9. The highest BCUT2D eigenvalue weighted by molar-refractivity contribution is 5.41. The summed E-state index contributed by atoms with van der Waals surface area (Å²) >= 11 is 0. The van der Waals surface area contributed by atoms with Crippen molar-refractivity contribution in [2.45, 2.75) is 77.0 Å². The summed E-state index contributed by atoms with van der Waals surface area (Å²) in [5.41, 5.74) is 2.96. The molecule has 1 nitrogen and oxygen atoms in total. The fourth-order valence-electron chi connectivity index (χ4n) is 4.43. The quantitative estimate of drug-likeness (QED) is 0.310. The monoisotopic (exact) mass is 424 g/mol. The molecule has 0 unspecified atom stereocenters. The predicted octanol–water partition coefficient (Wildman–Crippen LogP) is 7.81. The van der Waals surface area contributed by atoms with Gasteiger partial charge in [0, 0.05) is 5.92 Å². The predicted molar refractivity (Wildman–Crippen MR) is 123 cm³/mol. The van der Waals surface area contributed by atoms with Crippen LogP contribution in [-0.2, 0) is 6.42 Å². The number of aryl methyl sites for hydroxylation is 1. The van der Waals surface area contributed by atoms with Gasteiger partial charge >= 0.3 is 0 Å². The first-order valence-corrected chi connectivity index (χ1v) is 11.7. The van der Waals surface area contributed by atoms with E-state index in [-0.39, 0.29) is 17.2 Å². The van der Waals surface area contributed by atoms with Gasteiger partial charge in [-0.3, -0.25) is 0 Å². The van der Waals surface area contributed by atoms with E-state index in [9.17, 15) is 8.78 Å². The van der Waals surface area contributed by atoms with E-state index in [4.69, 9.17) is 4.74 Å². The molecule has 1 fully saturated rings. The first kappa shape index (κ1) is 23.3. The molecule has 1 aliphatic carbocycles. The fourth-order valence-corrected chi connectivity index (χ4v) is 4.43. The van der Waals surface area contributed by atoms with Gasteiger partial charge in [-0.2, -0.15) is 4.39 Å². The van der Waals surface area contributed by atoms with E-state index in [0.29, 0.717) is 5.92 Å². The lowest BCUT2D eigenvalue weighted by Crippen LogP contribution is -2.12. The van der Waals surface area contributed by atoms with E-state index in [0.717, 1.165) is 25.7 Å². The molecule has 3 heteroatoms. The van der Waals surface area contributed by atoms with Crippen LogP contribution in [0.25, 0.3) is 0 Å². The SMILES string of the molecule is CCCCCCCc1ccc([C@H]2CC[C@H](C#Cc3ccc(OC)c(F)c3F)CC2)cc1. The van der Waals surface area contributed by atoms with Crippen molar-refractivity contribution >= 4 is 0 Å². The van der Waals surface area contributed by atoms with Gasteiger partial charge in [0.15, 0.2) is 11.6 Å². The molecule has 0 aliphatic heterocycles. The largest absolute Gasteiger partial charge is 0.494 e. The van der Waals surface area contributed by atoms with Gasteiger partial charge in [-0.15, -0.1) is 0 Å². The molecule has 2 aromatic rings. The minimum Gasteiger partial charge on any atom is -0.494 e. The molecule has 0 saturated heterocycles. The molecular formula is C28H34F2O. The fraction of sp³-hybridized carbons (Fsp3) is 0.500. The molecule has 2 aromatic carbocycles. The van der Waals surface area contributed by atoms with Crippen LogP contribution < -0.4 is 4.74 Å². The molecule has 0 radical (unpaired) electrons. The number of benzene rings is 2.